The van der Waals surface area contributed by atoms with Crippen molar-refractivity contribution in [3.63, 3.8) is 0 Å². The lowest BCUT2D eigenvalue weighted by Gasteiger charge is -2.39. The van der Waals surface area contributed by atoms with E-state index < -0.39 is 0 Å². The quantitative estimate of drug-likeness (QED) is 0.397. The summed E-state index contributed by atoms with van der Waals surface area (Å²) in [5.41, 5.74) is 1.24. The molecular formula is C19H22FIN4S. The monoisotopic (exact) mass is 484 g/mol. The van der Waals surface area contributed by atoms with Crippen LogP contribution in [-0.4, -0.2) is 54.7 Å². The number of thiophene rings is 1. The smallest absolute Gasteiger partial charge is 0.227 e. The molecule has 0 N–H and O–H groups in total. The van der Waals surface area contributed by atoms with Crippen molar-refractivity contribution in [3.8, 4) is 11.3 Å². The van der Waals surface area contributed by atoms with Crippen molar-refractivity contribution in [2.75, 3.05) is 45.2 Å². The molecule has 0 saturated carbocycles. The zero-order valence-electron chi connectivity index (χ0n) is 15.2. The summed E-state index contributed by atoms with van der Waals surface area (Å²) in [6, 6.07) is 8.91. The average Bonchev–Trinajstić information content (AvgIpc) is 2.95. The highest BCUT2D eigenvalue weighted by Crippen LogP contribution is 2.34. The minimum atomic E-state index is -0.242. The van der Waals surface area contributed by atoms with E-state index >= 15 is 0 Å². The van der Waals surface area contributed by atoms with Gasteiger partial charge in [-0.2, -0.15) is 0 Å². The number of hydrogen-bond donors (Lipinski definition) is 0. The Bertz CT molecular complexity index is 930. The van der Waals surface area contributed by atoms with E-state index in [2.05, 4.69) is 32.0 Å². The number of nitrogens with zero attached hydrogens (tertiary/aromatic N) is 4. The van der Waals surface area contributed by atoms with Crippen LogP contribution in [0.3, 0.4) is 0 Å². The number of hydrogen-bond acceptors (Lipinski definition) is 4. The predicted molar refractivity (Wildman–Crippen MR) is 102 cm³/mol. The van der Waals surface area contributed by atoms with Gasteiger partial charge in [0.25, 0.3) is 0 Å². The molecule has 1 aromatic carbocycles. The van der Waals surface area contributed by atoms with Gasteiger partial charge in [0.1, 0.15) is 10.6 Å². The Labute approximate surface area is 174 Å². The number of rotatable bonds is 2. The molecule has 7 heteroatoms. The first-order chi connectivity index (χ1) is 11.9. The number of aromatic nitrogens is 2. The van der Waals surface area contributed by atoms with Gasteiger partial charge in [-0.15, -0.1) is 11.3 Å². The number of quaternary nitrogens is 1. The van der Waals surface area contributed by atoms with Crippen LogP contribution >= 0.6 is 11.3 Å². The van der Waals surface area contributed by atoms with E-state index in [1.54, 1.807) is 23.5 Å². The van der Waals surface area contributed by atoms with Crippen LogP contribution in [0.2, 0.25) is 0 Å². The second-order valence-electron chi connectivity index (χ2n) is 7.30. The molecule has 0 aliphatic carbocycles. The van der Waals surface area contributed by atoms with E-state index in [4.69, 9.17) is 9.97 Å². The van der Waals surface area contributed by atoms with E-state index in [1.165, 1.54) is 6.07 Å². The molecule has 1 aliphatic heterocycles. The Morgan fingerprint density at radius 3 is 2.50 bits per heavy atom. The van der Waals surface area contributed by atoms with Crippen LogP contribution in [-0.2, 0) is 0 Å². The molecule has 2 aromatic heterocycles. The van der Waals surface area contributed by atoms with Gasteiger partial charge in [-0.1, -0.05) is 12.1 Å². The van der Waals surface area contributed by atoms with Crippen LogP contribution in [0.4, 0.5) is 10.3 Å². The van der Waals surface area contributed by atoms with Gasteiger partial charge in [-0.05, 0) is 25.1 Å². The third-order valence-corrected chi connectivity index (χ3v) is 5.81. The summed E-state index contributed by atoms with van der Waals surface area (Å²) >= 11 is 1.64. The maximum absolute atomic E-state index is 14.4. The van der Waals surface area contributed by atoms with E-state index in [0.29, 0.717) is 17.2 Å². The minimum absolute atomic E-state index is 0. The lowest BCUT2D eigenvalue weighted by Crippen LogP contribution is -3.00. The second-order valence-corrected chi connectivity index (χ2v) is 8.53. The predicted octanol–water partition coefficient (Wildman–Crippen LogP) is 0.706. The molecule has 0 unspecified atom stereocenters. The topological polar surface area (TPSA) is 29.0 Å². The van der Waals surface area contributed by atoms with Crippen LogP contribution in [0.15, 0.2) is 30.3 Å². The fourth-order valence-electron chi connectivity index (χ4n) is 3.24. The fourth-order valence-corrected chi connectivity index (χ4v) is 4.11. The number of fused-ring (bicyclic) bond motifs is 1. The van der Waals surface area contributed by atoms with Crippen molar-refractivity contribution in [2.45, 2.75) is 6.92 Å². The second kappa shape index (κ2) is 7.36. The summed E-state index contributed by atoms with van der Waals surface area (Å²) in [4.78, 5) is 13.9. The summed E-state index contributed by atoms with van der Waals surface area (Å²) in [7, 11) is 4.49. The van der Waals surface area contributed by atoms with Crippen molar-refractivity contribution < 1.29 is 32.9 Å². The first-order valence-corrected chi connectivity index (χ1v) is 9.35. The first-order valence-electron chi connectivity index (χ1n) is 8.53. The molecule has 3 heterocycles. The number of anilines is 1. The minimum Gasteiger partial charge on any atom is -1.00 e. The number of benzene rings is 1. The van der Waals surface area contributed by atoms with Crippen molar-refractivity contribution in [3.05, 3.63) is 41.0 Å². The highest BCUT2D eigenvalue weighted by Gasteiger charge is 2.27. The molecular weight excluding hydrogens is 462 g/mol. The fraction of sp³-hybridized carbons (Fsp3) is 0.368. The number of halogens is 2. The van der Waals surface area contributed by atoms with Gasteiger partial charge in [0, 0.05) is 15.8 Å². The molecule has 0 amide bonds. The van der Waals surface area contributed by atoms with Crippen molar-refractivity contribution in [1.29, 1.82) is 0 Å². The normalized spacial score (nSPS) is 16.5. The molecule has 0 spiro atoms. The number of aryl methyl sites for hydroxylation is 1. The molecule has 4 nitrogen and oxygen atoms in total. The zero-order chi connectivity index (χ0) is 17.6. The molecule has 0 radical (unpaired) electrons. The van der Waals surface area contributed by atoms with Crippen molar-refractivity contribution >= 4 is 27.5 Å². The Balaban J connectivity index is 0.00000196. The Morgan fingerprint density at radius 1 is 1.12 bits per heavy atom. The summed E-state index contributed by atoms with van der Waals surface area (Å²) in [6.07, 6.45) is 0. The maximum atomic E-state index is 14.4. The standard InChI is InChI=1S/C19H22FN4S.HI/c1-13-12-15-17(14-6-4-5-7-16(14)20)21-19(22-18(15)25-13)23-8-10-24(2,3)11-9-23;/h4-7,12H,8-11H2,1-3H3;1H/q+1;/p-1. The third kappa shape index (κ3) is 3.70. The molecule has 0 bridgehead atoms. The van der Waals surface area contributed by atoms with Gasteiger partial charge in [-0.25, -0.2) is 14.4 Å². The van der Waals surface area contributed by atoms with Crippen LogP contribution in [0, 0.1) is 12.7 Å². The molecule has 1 fully saturated rings. The summed E-state index contributed by atoms with van der Waals surface area (Å²) in [6.45, 7) is 6.00. The SMILES string of the molecule is Cc1cc2c(-c3ccccc3F)nc(N3CC[N+](C)(C)CC3)nc2s1.[I-]. The van der Waals surface area contributed by atoms with Crippen molar-refractivity contribution in [1.82, 2.24) is 9.97 Å². The van der Waals surface area contributed by atoms with E-state index in [-0.39, 0.29) is 29.8 Å². The molecule has 4 rings (SSSR count). The van der Waals surface area contributed by atoms with Crippen LogP contribution in [0.5, 0.6) is 0 Å². The lowest BCUT2D eigenvalue weighted by molar-refractivity contribution is -0.890. The molecule has 0 atom stereocenters. The molecule has 26 heavy (non-hydrogen) atoms. The Kier molecular flexibility index (Phi) is 5.50. The molecule has 138 valence electrons. The Hall–Kier alpha value is -1.32. The average molecular weight is 484 g/mol. The number of likely N-dealkylation sites (N-methyl/N-ethyl adjacent to an activating group) is 1. The highest BCUT2D eigenvalue weighted by atomic mass is 127. The first kappa shape index (κ1) is 19.4. The van der Waals surface area contributed by atoms with E-state index in [0.717, 1.165) is 45.8 Å². The largest absolute Gasteiger partial charge is 1.00 e. The molecule has 1 aliphatic rings. The van der Waals surface area contributed by atoms with Gasteiger partial charge in [0.2, 0.25) is 5.95 Å². The van der Waals surface area contributed by atoms with E-state index in [1.807, 2.05) is 6.07 Å². The van der Waals surface area contributed by atoms with Gasteiger partial charge in [0.15, 0.2) is 0 Å². The van der Waals surface area contributed by atoms with Crippen LogP contribution in [0.1, 0.15) is 4.88 Å². The lowest BCUT2D eigenvalue weighted by atomic mass is 10.1. The van der Waals surface area contributed by atoms with Gasteiger partial charge in [0.05, 0.1) is 46.0 Å². The maximum Gasteiger partial charge on any atom is 0.227 e. The Morgan fingerprint density at radius 2 is 1.81 bits per heavy atom. The summed E-state index contributed by atoms with van der Waals surface area (Å²) < 4.78 is 15.4. The molecule has 1 saturated heterocycles. The summed E-state index contributed by atoms with van der Waals surface area (Å²) in [5, 5.41) is 0.935. The van der Waals surface area contributed by atoms with Gasteiger partial charge in [-0.3, -0.25) is 0 Å². The summed E-state index contributed by atoms with van der Waals surface area (Å²) in [5.74, 6) is 0.473. The zero-order valence-corrected chi connectivity index (χ0v) is 18.1. The van der Waals surface area contributed by atoms with Crippen LogP contribution in [0.25, 0.3) is 21.5 Å². The molecule has 3 aromatic rings. The van der Waals surface area contributed by atoms with Crippen molar-refractivity contribution in [2.24, 2.45) is 0 Å². The van der Waals surface area contributed by atoms with Gasteiger partial charge >= 0.3 is 0 Å². The third-order valence-electron chi connectivity index (χ3n) is 4.87. The van der Waals surface area contributed by atoms with Gasteiger partial charge < -0.3 is 33.4 Å². The van der Waals surface area contributed by atoms with E-state index in [9.17, 15) is 4.39 Å². The van der Waals surface area contributed by atoms with Crippen LogP contribution < -0.4 is 28.9 Å². The highest BCUT2D eigenvalue weighted by molar-refractivity contribution is 7.18. The number of piperazine rings is 1.